The van der Waals surface area contributed by atoms with Crippen LogP contribution in [0.5, 0.6) is 0 Å². The Morgan fingerprint density at radius 1 is 0.897 bits per heavy atom. The summed E-state index contributed by atoms with van der Waals surface area (Å²) in [5.74, 6) is 2.05. The molecule has 6 rings (SSSR count). The van der Waals surface area contributed by atoms with Crippen LogP contribution in [0.3, 0.4) is 0 Å². The van der Waals surface area contributed by atoms with Gasteiger partial charge in [0, 0.05) is 24.3 Å². The first-order valence-electron chi connectivity index (χ1n) is 15.5. The van der Waals surface area contributed by atoms with Gasteiger partial charge in [0.2, 0.25) is 0 Å². The summed E-state index contributed by atoms with van der Waals surface area (Å²) in [6.45, 7) is 6.40. The summed E-state index contributed by atoms with van der Waals surface area (Å²) in [5.41, 5.74) is 2.99. The number of rotatable bonds is 4. The van der Waals surface area contributed by atoms with E-state index >= 15 is 0 Å². The molecule has 39 heavy (non-hydrogen) atoms. The van der Waals surface area contributed by atoms with E-state index in [0.717, 1.165) is 69.2 Å². The van der Waals surface area contributed by atoms with Crippen molar-refractivity contribution in [3.05, 3.63) is 46.5 Å². The molecule has 212 valence electrons. The van der Waals surface area contributed by atoms with Gasteiger partial charge in [0.25, 0.3) is 0 Å². The Morgan fingerprint density at radius 3 is 2.44 bits per heavy atom. The predicted molar refractivity (Wildman–Crippen MR) is 153 cm³/mol. The average Bonchev–Trinajstić information content (AvgIpc) is 3.27. The maximum Gasteiger partial charge on any atom is 0.309 e. The smallest absolute Gasteiger partial charge is 0.309 e. The third kappa shape index (κ3) is 4.87. The quantitative estimate of drug-likeness (QED) is 0.278. The molecule has 4 nitrogen and oxygen atoms in total. The fraction of sp³-hybridized carbons (Fsp3) is 0.706. The molecule has 0 aromatic heterocycles. The third-order valence-electron chi connectivity index (χ3n) is 11.9. The van der Waals surface area contributed by atoms with Crippen molar-refractivity contribution in [2.45, 2.75) is 116 Å². The SMILES string of the molecule is CC(=O)O[C@H]1CC[C@@]2(C)C(=CC[C@H]3[C@@H]4CC[C@H](C(=O)O[C@H]5CCCC[C@@H]5c5ccc(Cl)cc5)[C@@]4(C)CC[C@@H]32)C1. The molecule has 0 radical (unpaired) electrons. The van der Waals surface area contributed by atoms with Crippen LogP contribution in [0.2, 0.25) is 5.02 Å². The molecule has 0 spiro atoms. The van der Waals surface area contributed by atoms with Gasteiger partial charge in [-0.3, -0.25) is 9.59 Å². The molecule has 1 aromatic carbocycles. The Labute approximate surface area is 239 Å². The zero-order chi connectivity index (χ0) is 27.4. The number of hydrogen-bond acceptors (Lipinski definition) is 4. The van der Waals surface area contributed by atoms with E-state index in [1.807, 2.05) is 12.1 Å². The minimum Gasteiger partial charge on any atom is -0.462 e. The minimum atomic E-state index is -0.164. The molecule has 1 aromatic rings. The van der Waals surface area contributed by atoms with E-state index < -0.39 is 0 Å². The van der Waals surface area contributed by atoms with Gasteiger partial charge in [0.1, 0.15) is 12.2 Å². The Bertz CT molecular complexity index is 1130. The van der Waals surface area contributed by atoms with Gasteiger partial charge in [-0.15, -0.1) is 0 Å². The van der Waals surface area contributed by atoms with Crippen molar-refractivity contribution in [3.8, 4) is 0 Å². The number of hydrogen-bond donors (Lipinski definition) is 0. The summed E-state index contributed by atoms with van der Waals surface area (Å²) in [5, 5.41) is 0.750. The van der Waals surface area contributed by atoms with Crippen LogP contribution in [0, 0.1) is 34.5 Å². The van der Waals surface area contributed by atoms with Crippen LogP contribution in [-0.4, -0.2) is 24.1 Å². The predicted octanol–water partition coefficient (Wildman–Crippen LogP) is 8.42. The van der Waals surface area contributed by atoms with Gasteiger partial charge in [-0.25, -0.2) is 0 Å². The maximum atomic E-state index is 13.9. The molecular weight excluding hydrogens is 508 g/mol. The molecule has 4 saturated carbocycles. The lowest BCUT2D eigenvalue weighted by Gasteiger charge is -2.58. The van der Waals surface area contributed by atoms with E-state index in [1.54, 1.807) is 0 Å². The zero-order valence-electron chi connectivity index (χ0n) is 23.9. The largest absolute Gasteiger partial charge is 0.462 e. The number of fused-ring (bicyclic) bond motifs is 5. The lowest BCUT2D eigenvalue weighted by Crippen LogP contribution is -2.51. The van der Waals surface area contributed by atoms with Crippen LogP contribution in [0.4, 0.5) is 0 Å². The van der Waals surface area contributed by atoms with Crippen molar-refractivity contribution in [1.29, 1.82) is 0 Å². The van der Waals surface area contributed by atoms with Gasteiger partial charge >= 0.3 is 11.9 Å². The number of allylic oxidation sites excluding steroid dienone is 1. The summed E-state index contributed by atoms with van der Waals surface area (Å²) in [6.07, 6.45) is 15.3. The molecule has 0 bridgehead atoms. The molecule has 0 N–H and O–H groups in total. The Hall–Kier alpha value is -1.81. The van der Waals surface area contributed by atoms with Gasteiger partial charge in [0.15, 0.2) is 0 Å². The Balaban J connectivity index is 1.16. The first kappa shape index (κ1) is 27.4. The number of benzene rings is 1. The molecule has 5 heteroatoms. The fourth-order valence-electron chi connectivity index (χ4n) is 9.91. The monoisotopic (exact) mass is 552 g/mol. The third-order valence-corrected chi connectivity index (χ3v) is 12.2. The molecule has 0 amide bonds. The van der Waals surface area contributed by atoms with Crippen molar-refractivity contribution in [2.24, 2.45) is 34.5 Å². The molecular formula is C34H45ClO4. The highest BCUT2D eigenvalue weighted by Gasteiger charge is 2.60. The highest BCUT2D eigenvalue weighted by atomic mass is 35.5. The summed E-state index contributed by atoms with van der Waals surface area (Å²) in [7, 11) is 0. The van der Waals surface area contributed by atoms with E-state index in [-0.39, 0.29) is 46.8 Å². The average molecular weight is 553 g/mol. The Morgan fingerprint density at radius 2 is 1.67 bits per heavy atom. The molecule has 5 aliphatic carbocycles. The molecule has 4 fully saturated rings. The molecule has 5 aliphatic rings. The normalized spacial score (nSPS) is 41.4. The van der Waals surface area contributed by atoms with Gasteiger partial charge in [0.05, 0.1) is 5.92 Å². The zero-order valence-corrected chi connectivity index (χ0v) is 24.7. The van der Waals surface area contributed by atoms with Crippen molar-refractivity contribution < 1.29 is 19.1 Å². The van der Waals surface area contributed by atoms with Crippen LogP contribution in [0.1, 0.15) is 109 Å². The van der Waals surface area contributed by atoms with Crippen LogP contribution in [-0.2, 0) is 19.1 Å². The first-order valence-corrected chi connectivity index (χ1v) is 15.9. The van der Waals surface area contributed by atoms with Crippen LogP contribution in [0.15, 0.2) is 35.9 Å². The summed E-state index contributed by atoms with van der Waals surface area (Å²) in [6, 6.07) is 8.13. The fourth-order valence-corrected chi connectivity index (χ4v) is 10.0. The van der Waals surface area contributed by atoms with Gasteiger partial charge < -0.3 is 9.47 Å². The van der Waals surface area contributed by atoms with Crippen molar-refractivity contribution in [3.63, 3.8) is 0 Å². The highest BCUT2D eigenvalue weighted by Crippen LogP contribution is 2.66. The van der Waals surface area contributed by atoms with Crippen LogP contribution < -0.4 is 0 Å². The highest BCUT2D eigenvalue weighted by molar-refractivity contribution is 6.30. The lowest BCUT2D eigenvalue weighted by molar-refractivity contribution is -0.164. The standard InChI is InChI=1S/C34H45ClO4/c1-21(36)38-25-16-18-33(2)23(20-25)10-13-27-28-14-15-30(34(28,3)19-17-29(27)33)32(37)39-31-7-5-4-6-26(31)22-8-11-24(35)12-9-22/h8-12,25-31H,4-7,13-20H2,1-3H3/t25-,26+,27-,28-,29-,30+,31-,33-,34-/m0/s1. The molecule has 0 aliphatic heterocycles. The topological polar surface area (TPSA) is 52.6 Å². The van der Waals surface area contributed by atoms with Crippen LogP contribution in [0.25, 0.3) is 0 Å². The van der Waals surface area contributed by atoms with Crippen molar-refractivity contribution in [2.75, 3.05) is 0 Å². The van der Waals surface area contributed by atoms with Crippen molar-refractivity contribution >= 4 is 23.5 Å². The molecule has 0 unspecified atom stereocenters. The molecule has 0 saturated heterocycles. The van der Waals surface area contributed by atoms with Crippen LogP contribution >= 0.6 is 11.6 Å². The second-order valence-corrected chi connectivity index (χ2v) is 14.3. The lowest BCUT2D eigenvalue weighted by atomic mass is 9.47. The minimum absolute atomic E-state index is 0.00845. The van der Waals surface area contributed by atoms with Gasteiger partial charge in [-0.05, 0) is 110 Å². The number of ether oxygens (including phenoxy) is 2. The molecule has 9 atom stereocenters. The number of halogens is 1. The van der Waals surface area contributed by atoms with Gasteiger partial charge in [-0.2, -0.15) is 0 Å². The summed E-state index contributed by atoms with van der Waals surface area (Å²) < 4.78 is 12.1. The van der Waals surface area contributed by atoms with E-state index in [0.29, 0.717) is 17.8 Å². The van der Waals surface area contributed by atoms with E-state index in [4.69, 9.17) is 21.1 Å². The maximum absolute atomic E-state index is 13.9. The van der Waals surface area contributed by atoms with Crippen molar-refractivity contribution in [1.82, 2.24) is 0 Å². The second-order valence-electron chi connectivity index (χ2n) is 13.8. The number of esters is 2. The first-order chi connectivity index (χ1) is 18.7. The van der Waals surface area contributed by atoms with E-state index in [2.05, 4.69) is 32.1 Å². The Kier molecular flexibility index (Phi) is 7.40. The van der Waals surface area contributed by atoms with E-state index in [1.165, 1.54) is 30.9 Å². The summed E-state index contributed by atoms with van der Waals surface area (Å²) in [4.78, 5) is 25.5. The van der Waals surface area contributed by atoms with E-state index in [9.17, 15) is 9.59 Å². The van der Waals surface area contributed by atoms with Gasteiger partial charge in [-0.1, -0.05) is 55.7 Å². The molecule has 0 heterocycles. The number of carbonyl (C=O) groups is 2. The number of carbonyl (C=O) groups excluding carboxylic acids is 2. The second kappa shape index (κ2) is 10.5. The summed E-state index contributed by atoms with van der Waals surface area (Å²) >= 11 is 6.15.